The highest BCUT2D eigenvalue weighted by atomic mass is 16.5. The zero-order valence-corrected chi connectivity index (χ0v) is 9.78. The van der Waals surface area contributed by atoms with E-state index in [2.05, 4.69) is 36.5 Å². The molecule has 0 radical (unpaired) electrons. The fourth-order valence-corrected chi connectivity index (χ4v) is 2.79. The molecule has 1 aliphatic carbocycles. The lowest BCUT2D eigenvalue weighted by molar-refractivity contribution is -0.0111. The quantitative estimate of drug-likeness (QED) is 0.822. The van der Waals surface area contributed by atoms with Gasteiger partial charge in [0.05, 0.1) is 19.3 Å². The summed E-state index contributed by atoms with van der Waals surface area (Å²) >= 11 is 0. The molecule has 2 unspecified atom stereocenters. The molecule has 0 aromatic heterocycles. The van der Waals surface area contributed by atoms with Crippen LogP contribution >= 0.6 is 0 Å². The van der Waals surface area contributed by atoms with E-state index in [0.29, 0.717) is 18.0 Å². The first-order valence-electron chi connectivity index (χ1n) is 6.27. The average molecular weight is 217 g/mol. The molecule has 1 N–H and O–H groups in total. The lowest BCUT2D eigenvalue weighted by Gasteiger charge is -2.36. The van der Waals surface area contributed by atoms with Gasteiger partial charge in [-0.15, -0.1) is 0 Å². The molecule has 86 valence electrons. The Labute approximate surface area is 97.0 Å². The molecular weight excluding hydrogens is 198 g/mol. The van der Waals surface area contributed by atoms with Crippen LogP contribution in [0.2, 0.25) is 0 Å². The molecule has 0 spiro atoms. The lowest BCUT2D eigenvalue weighted by Crippen LogP contribution is -2.48. The van der Waals surface area contributed by atoms with Gasteiger partial charge in [-0.05, 0) is 29.9 Å². The standard InChI is InChI=1S/C14H19NO/c1-10-6-7-14(15-11-8-16-9-11)13-5-3-2-4-12(10)13/h2-5,10-11,14-15H,6-9H2,1H3. The van der Waals surface area contributed by atoms with Crippen molar-refractivity contribution in [2.75, 3.05) is 13.2 Å². The highest BCUT2D eigenvalue weighted by Gasteiger charge is 2.28. The van der Waals surface area contributed by atoms with Crippen LogP contribution in [0.1, 0.15) is 42.9 Å². The topological polar surface area (TPSA) is 21.3 Å². The molecule has 1 aliphatic heterocycles. The van der Waals surface area contributed by atoms with Gasteiger partial charge in [-0.1, -0.05) is 31.2 Å². The maximum absolute atomic E-state index is 5.22. The molecule has 2 nitrogen and oxygen atoms in total. The minimum Gasteiger partial charge on any atom is -0.378 e. The van der Waals surface area contributed by atoms with Gasteiger partial charge >= 0.3 is 0 Å². The van der Waals surface area contributed by atoms with Crippen LogP contribution in [-0.4, -0.2) is 19.3 Å². The molecule has 0 bridgehead atoms. The van der Waals surface area contributed by atoms with E-state index in [0.717, 1.165) is 13.2 Å². The predicted octanol–water partition coefficient (Wildman–Crippen LogP) is 2.61. The fraction of sp³-hybridized carbons (Fsp3) is 0.571. The minimum absolute atomic E-state index is 0.543. The molecule has 1 aromatic carbocycles. The van der Waals surface area contributed by atoms with E-state index < -0.39 is 0 Å². The van der Waals surface area contributed by atoms with E-state index in [1.165, 1.54) is 24.0 Å². The van der Waals surface area contributed by atoms with Crippen molar-refractivity contribution in [3.05, 3.63) is 35.4 Å². The third-order valence-electron chi connectivity index (χ3n) is 3.87. The van der Waals surface area contributed by atoms with E-state index in [1.54, 1.807) is 0 Å². The van der Waals surface area contributed by atoms with Crippen molar-refractivity contribution in [2.24, 2.45) is 0 Å². The van der Waals surface area contributed by atoms with Gasteiger partial charge in [-0.3, -0.25) is 0 Å². The summed E-state index contributed by atoms with van der Waals surface area (Å²) in [4.78, 5) is 0. The molecule has 2 atom stereocenters. The lowest BCUT2D eigenvalue weighted by atomic mass is 9.81. The van der Waals surface area contributed by atoms with Crippen LogP contribution in [0.5, 0.6) is 0 Å². The van der Waals surface area contributed by atoms with Crippen molar-refractivity contribution < 1.29 is 4.74 Å². The average Bonchev–Trinajstić information content (AvgIpc) is 2.26. The van der Waals surface area contributed by atoms with Gasteiger partial charge in [0.25, 0.3) is 0 Å². The summed E-state index contributed by atoms with van der Waals surface area (Å²) in [6, 6.07) is 9.99. The number of fused-ring (bicyclic) bond motifs is 1. The summed E-state index contributed by atoms with van der Waals surface area (Å²) in [5.41, 5.74) is 3.04. The minimum atomic E-state index is 0.543. The molecule has 16 heavy (non-hydrogen) atoms. The number of ether oxygens (including phenoxy) is 1. The Hall–Kier alpha value is -0.860. The summed E-state index contributed by atoms with van der Waals surface area (Å²) in [5, 5.41) is 3.71. The Kier molecular flexibility index (Phi) is 2.70. The van der Waals surface area contributed by atoms with Crippen LogP contribution in [-0.2, 0) is 4.74 Å². The van der Waals surface area contributed by atoms with Gasteiger partial charge in [-0.25, -0.2) is 0 Å². The van der Waals surface area contributed by atoms with Gasteiger partial charge in [-0.2, -0.15) is 0 Å². The van der Waals surface area contributed by atoms with Crippen LogP contribution in [0, 0.1) is 0 Å². The predicted molar refractivity (Wildman–Crippen MR) is 64.6 cm³/mol. The Balaban J connectivity index is 1.82. The van der Waals surface area contributed by atoms with E-state index >= 15 is 0 Å². The highest BCUT2D eigenvalue weighted by Crippen LogP contribution is 2.37. The first kappa shape index (κ1) is 10.3. The van der Waals surface area contributed by atoms with Gasteiger partial charge in [0.2, 0.25) is 0 Å². The highest BCUT2D eigenvalue weighted by molar-refractivity contribution is 5.35. The largest absolute Gasteiger partial charge is 0.378 e. The van der Waals surface area contributed by atoms with Crippen LogP contribution in [0.15, 0.2) is 24.3 Å². The van der Waals surface area contributed by atoms with Crippen molar-refractivity contribution in [3.63, 3.8) is 0 Å². The zero-order valence-electron chi connectivity index (χ0n) is 9.78. The molecule has 0 saturated carbocycles. The smallest absolute Gasteiger partial charge is 0.0643 e. The molecule has 1 saturated heterocycles. The van der Waals surface area contributed by atoms with Crippen molar-refractivity contribution in [3.8, 4) is 0 Å². The number of rotatable bonds is 2. The van der Waals surface area contributed by atoms with Crippen molar-refractivity contribution in [1.29, 1.82) is 0 Å². The first-order valence-corrected chi connectivity index (χ1v) is 6.27. The summed E-state index contributed by atoms with van der Waals surface area (Å²) in [6.45, 7) is 4.10. The second kappa shape index (κ2) is 4.19. The maximum atomic E-state index is 5.22. The number of benzene rings is 1. The number of hydrogen-bond acceptors (Lipinski definition) is 2. The normalized spacial score (nSPS) is 29.6. The van der Waals surface area contributed by atoms with Gasteiger partial charge in [0.1, 0.15) is 0 Å². The molecule has 3 rings (SSSR count). The third kappa shape index (κ3) is 1.76. The molecule has 2 heteroatoms. The van der Waals surface area contributed by atoms with E-state index in [9.17, 15) is 0 Å². The van der Waals surface area contributed by atoms with Gasteiger partial charge < -0.3 is 10.1 Å². The van der Waals surface area contributed by atoms with E-state index in [-0.39, 0.29) is 0 Å². The third-order valence-corrected chi connectivity index (χ3v) is 3.87. The molecule has 2 aliphatic rings. The van der Waals surface area contributed by atoms with E-state index in [4.69, 9.17) is 4.74 Å². The molecule has 0 amide bonds. The molecular formula is C14H19NO. The van der Waals surface area contributed by atoms with Crippen molar-refractivity contribution in [1.82, 2.24) is 5.32 Å². The van der Waals surface area contributed by atoms with Gasteiger partial charge in [0, 0.05) is 6.04 Å². The fourth-order valence-electron chi connectivity index (χ4n) is 2.79. The van der Waals surface area contributed by atoms with Crippen LogP contribution in [0.4, 0.5) is 0 Å². The maximum Gasteiger partial charge on any atom is 0.0643 e. The summed E-state index contributed by atoms with van der Waals surface area (Å²) in [5.74, 6) is 0.715. The van der Waals surface area contributed by atoms with E-state index in [1.807, 2.05) is 0 Å². The molecule has 1 heterocycles. The summed E-state index contributed by atoms with van der Waals surface area (Å²) in [6.07, 6.45) is 2.55. The van der Waals surface area contributed by atoms with Crippen LogP contribution in [0.25, 0.3) is 0 Å². The van der Waals surface area contributed by atoms with Gasteiger partial charge in [0.15, 0.2) is 0 Å². The van der Waals surface area contributed by atoms with Crippen molar-refractivity contribution >= 4 is 0 Å². The molecule has 1 fully saturated rings. The van der Waals surface area contributed by atoms with Crippen LogP contribution < -0.4 is 5.32 Å². The Morgan fingerprint density at radius 2 is 1.88 bits per heavy atom. The summed E-state index contributed by atoms with van der Waals surface area (Å²) < 4.78 is 5.22. The second-order valence-corrected chi connectivity index (χ2v) is 5.06. The monoisotopic (exact) mass is 217 g/mol. The van der Waals surface area contributed by atoms with Crippen LogP contribution in [0.3, 0.4) is 0 Å². The Morgan fingerprint density at radius 3 is 2.56 bits per heavy atom. The number of hydrogen-bond donors (Lipinski definition) is 1. The Bertz CT molecular complexity index is 373. The molecule has 1 aromatic rings. The number of nitrogens with one attached hydrogen (secondary N) is 1. The van der Waals surface area contributed by atoms with Crippen molar-refractivity contribution in [2.45, 2.75) is 37.8 Å². The first-order chi connectivity index (χ1) is 7.84. The summed E-state index contributed by atoms with van der Waals surface area (Å²) in [7, 11) is 0. The Morgan fingerprint density at radius 1 is 1.12 bits per heavy atom. The SMILES string of the molecule is CC1CCC(NC2COC2)c2ccccc21. The second-order valence-electron chi connectivity index (χ2n) is 5.06. The zero-order chi connectivity index (χ0) is 11.0.